The van der Waals surface area contributed by atoms with E-state index in [4.69, 9.17) is 18.9 Å². The molecule has 0 spiro atoms. The molecule has 1 amide bonds. The lowest BCUT2D eigenvalue weighted by molar-refractivity contribution is -0.124. The van der Waals surface area contributed by atoms with Gasteiger partial charge >= 0.3 is 0 Å². The van der Waals surface area contributed by atoms with Gasteiger partial charge in [-0.1, -0.05) is 104 Å². The Kier molecular flexibility index (Phi) is 24.4. The summed E-state index contributed by atoms with van der Waals surface area (Å²) in [7, 11) is 2.03. The number of nitrogens with one attached hydrogen (secondary N) is 1. The third-order valence-corrected chi connectivity index (χ3v) is 25.3. The zero-order chi connectivity index (χ0) is 58.3. The lowest BCUT2D eigenvalue weighted by Gasteiger charge is -2.41. The highest BCUT2D eigenvalue weighted by atomic mass is 32.3. The first-order valence-electron chi connectivity index (χ1n) is 29.7. The van der Waals surface area contributed by atoms with Gasteiger partial charge in [-0.05, 0) is 198 Å². The van der Waals surface area contributed by atoms with Crippen LogP contribution in [0.5, 0.6) is 11.5 Å². The summed E-state index contributed by atoms with van der Waals surface area (Å²) in [5, 5.41) is 22.5. The molecule has 1 aliphatic rings. The Hall–Kier alpha value is -3.16. The molecule has 0 radical (unpaired) electrons. The van der Waals surface area contributed by atoms with E-state index in [1.54, 1.807) is 16.9 Å². The second-order valence-electron chi connectivity index (χ2n) is 25.4. The highest BCUT2D eigenvalue weighted by molar-refractivity contribution is 8.34. The predicted molar refractivity (Wildman–Crippen MR) is 341 cm³/mol. The summed E-state index contributed by atoms with van der Waals surface area (Å²) in [4.78, 5) is 15.8. The highest BCUT2D eigenvalue weighted by Gasteiger charge is 2.42. The summed E-state index contributed by atoms with van der Waals surface area (Å²) in [5.74, 6) is 7.23. The fourth-order valence-electron chi connectivity index (χ4n) is 11.2. The number of rotatable bonds is 36. The Morgan fingerprint density at radius 2 is 1.11 bits per heavy atom. The molecule has 0 aliphatic carbocycles. The highest BCUT2D eigenvalue weighted by Crippen LogP contribution is 2.73. The van der Waals surface area contributed by atoms with Crippen LogP contribution in [0.1, 0.15) is 190 Å². The number of benzene rings is 4. The number of fused-ring (bicyclic) bond motifs is 3. The molecule has 0 fully saturated rings. The van der Waals surface area contributed by atoms with Crippen LogP contribution in [-0.2, 0) is 25.1 Å². The Balaban J connectivity index is 1.49. The van der Waals surface area contributed by atoms with Gasteiger partial charge in [0.15, 0.2) is 0 Å². The molecule has 0 bridgehead atoms. The Bertz CT molecular complexity index is 2530. The SMILES string of the molecule is CCC(C)(COC)CSCCCS1(CCCSC(C)(CC)CCO)c2cc(C(C)(CC)c3ccc(OC)cc3)ccc2-c2ccc(C(C)(CC)c3ccc(OC(C)(C)CCOC(C)(C)CCC(=O)NC(C)(C)CCO)cc3)cc21. The van der Waals surface area contributed by atoms with E-state index in [1.165, 1.54) is 33.4 Å². The van der Waals surface area contributed by atoms with Crippen molar-refractivity contribution in [2.75, 3.05) is 69.4 Å². The summed E-state index contributed by atoms with van der Waals surface area (Å²) in [6, 6.07) is 32.7. The lowest BCUT2D eigenvalue weighted by Crippen LogP contribution is -2.44. The fraction of sp³-hybridized carbons (Fsp3) is 0.632. The molecule has 8 nitrogen and oxygen atoms in total. The monoisotopic (exact) mass is 1140 g/mol. The zero-order valence-electron chi connectivity index (χ0n) is 51.9. The van der Waals surface area contributed by atoms with E-state index in [9.17, 15) is 15.0 Å². The van der Waals surface area contributed by atoms with Crippen molar-refractivity contribution >= 4 is 39.5 Å². The molecule has 1 aliphatic heterocycles. The van der Waals surface area contributed by atoms with Crippen molar-refractivity contribution in [1.82, 2.24) is 5.32 Å². The fourth-order valence-corrected chi connectivity index (χ4v) is 18.6. The normalized spacial score (nSPS) is 18.5. The van der Waals surface area contributed by atoms with Gasteiger partial charge in [-0.15, -0.1) is 0 Å². The van der Waals surface area contributed by atoms with Crippen molar-refractivity contribution in [3.05, 3.63) is 107 Å². The summed E-state index contributed by atoms with van der Waals surface area (Å²) in [6.45, 7) is 32.5. The van der Waals surface area contributed by atoms with Crippen LogP contribution in [0.3, 0.4) is 0 Å². The molecule has 5 unspecified atom stereocenters. The molecule has 4 aromatic carbocycles. The van der Waals surface area contributed by atoms with E-state index in [-0.39, 0.29) is 40.1 Å². The van der Waals surface area contributed by atoms with Gasteiger partial charge in [0, 0.05) is 69.8 Å². The standard InChI is InChI=1S/C68H105NO7S3/c1-17-65(11,49-73-15)50-77-43-21-45-79(46-22-44-78-66(12,18-2)38-41-71)59-47-53(67(13,19-3)51-23-29-55(74-16)30-24-51)27-33-57(59)58-34-28-54(48-60(58)79)68(14,20-4)52-25-31-56(32-26-52)76-64(9,10)39-42-75-63(7,8)36-35-61(72)69-62(5,6)37-40-70/h23-34,47-48,70-71H,17-22,35-46,49-50H2,1-16H3,(H,69,72). The molecule has 0 saturated heterocycles. The first kappa shape index (κ1) is 66.6. The number of hydrogen-bond acceptors (Lipinski definition) is 9. The van der Waals surface area contributed by atoms with Gasteiger partial charge in [0.2, 0.25) is 5.91 Å². The number of hydrogen-bond donors (Lipinski definition) is 3. The molecule has 0 aromatic heterocycles. The third-order valence-electron chi connectivity index (χ3n) is 17.8. The quantitative estimate of drug-likeness (QED) is 0.0384. The molecule has 11 heteroatoms. The van der Waals surface area contributed by atoms with E-state index in [0.717, 1.165) is 91.8 Å². The zero-order valence-corrected chi connectivity index (χ0v) is 54.3. The summed E-state index contributed by atoms with van der Waals surface area (Å²) in [5.41, 5.74) is 6.45. The van der Waals surface area contributed by atoms with Gasteiger partial charge in [0.05, 0.1) is 25.9 Å². The van der Waals surface area contributed by atoms with Gasteiger partial charge in [-0.2, -0.15) is 33.6 Å². The van der Waals surface area contributed by atoms with Crippen LogP contribution in [0.15, 0.2) is 94.7 Å². The summed E-state index contributed by atoms with van der Waals surface area (Å²) < 4.78 is 24.5. The lowest BCUT2D eigenvalue weighted by atomic mass is 9.73. The number of amides is 1. The molecule has 442 valence electrons. The second kappa shape index (κ2) is 28.9. The Morgan fingerprint density at radius 1 is 0.595 bits per heavy atom. The molecule has 3 N–H and O–H groups in total. The van der Waals surface area contributed by atoms with Crippen molar-refractivity contribution in [1.29, 1.82) is 0 Å². The topological polar surface area (TPSA) is 106 Å². The van der Waals surface area contributed by atoms with Gasteiger partial charge < -0.3 is 34.5 Å². The molecule has 5 rings (SSSR count). The average Bonchev–Trinajstić information content (AvgIpc) is 3.99. The van der Waals surface area contributed by atoms with E-state index in [0.29, 0.717) is 32.3 Å². The third kappa shape index (κ3) is 17.2. The molecule has 0 saturated carbocycles. The van der Waals surface area contributed by atoms with Crippen molar-refractivity contribution in [2.24, 2.45) is 5.41 Å². The minimum atomic E-state index is -1.54. The van der Waals surface area contributed by atoms with Crippen LogP contribution in [0.2, 0.25) is 0 Å². The van der Waals surface area contributed by atoms with Crippen LogP contribution in [0, 0.1) is 5.41 Å². The molecule has 1 heterocycles. The first-order valence-corrected chi connectivity index (χ1v) is 33.8. The number of carbonyl (C=O) groups excluding carboxylic acids is 1. The van der Waals surface area contributed by atoms with Crippen LogP contribution in [0.4, 0.5) is 0 Å². The largest absolute Gasteiger partial charge is 0.497 e. The molecular formula is C68H105NO7S3. The van der Waals surface area contributed by atoms with Crippen molar-refractivity contribution < 1.29 is 34.0 Å². The van der Waals surface area contributed by atoms with Crippen LogP contribution < -0.4 is 14.8 Å². The number of methoxy groups -OCH3 is 2. The van der Waals surface area contributed by atoms with Crippen molar-refractivity contribution in [2.45, 2.75) is 210 Å². The van der Waals surface area contributed by atoms with Crippen LogP contribution in [-0.4, -0.2) is 107 Å². The molecule has 79 heavy (non-hydrogen) atoms. The Labute approximate surface area is 490 Å². The van der Waals surface area contributed by atoms with Crippen LogP contribution >= 0.6 is 33.6 Å². The van der Waals surface area contributed by atoms with E-state index in [1.807, 2.05) is 34.8 Å². The minimum absolute atomic E-state index is 0.0296. The predicted octanol–water partition coefficient (Wildman–Crippen LogP) is 16.6. The Morgan fingerprint density at radius 3 is 1.59 bits per heavy atom. The van der Waals surface area contributed by atoms with Crippen molar-refractivity contribution in [3.8, 4) is 22.6 Å². The molecule has 5 atom stereocenters. The first-order chi connectivity index (χ1) is 37.3. The van der Waals surface area contributed by atoms with E-state index < -0.39 is 26.8 Å². The maximum Gasteiger partial charge on any atom is 0.220 e. The molecule has 4 aromatic rings. The second-order valence-corrected chi connectivity index (χ2v) is 31.7. The number of aliphatic hydroxyl groups excluding tert-OH is 2. The average molecular weight is 1140 g/mol. The number of aliphatic hydroxyl groups is 2. The maximum absolute atomic E-state index is 12.7. The maximum atomic E-state index is 12.7. The van der Waals surface area contributed by atoms with Gasteiger partial charge in [-0.3, -0.25) is 4.79 Å². The number of thioether (sulfide) groups is 2. The van der Waals surface area contributed by atoms with Crippen LogP contribution in [0.25, 0.3) is 11.1 Å². The van der Waals surface area contributed by atoms with Gasteiger partial charge in [-0.25, -0.2) is 0 Å². The number of ether oxygens (including phenoxy) is 4. The van der Waals surface area contributed by atoms with Crippen molar-refractivity contribution in [3.63, 3.8) is 0 Å². The smallest absolute Gasteiger partial charge is 0.220 e. The van der Waals surface area contributed by atoms with E-state index >= 15 is 0 Å². The van der Waals surface area contributed by atoms with Gasteiger partial charge in [0.1, 0.15) is 17.1 Å². The van der Waals surface area contributed by atoms with E-state index in [2.05, 4.69) is 183 Å². The summed E-state index contributed by atoms with van der Waals surface area (Å²) >= 11 is 4.17. The summed E-state index contributed by atoms with van der Waals surface area (Å²) in [6.07, 6.45) is 9.27. The minimum Gasteiger partial charge on any atom is -0.497 e. The molecular weight excluding hydrogens is 1040 g/mol. The number of carbonyl (C=O) groups is 1. The van der Waals surface area contributed by atoms with Gasteiger partial charge in [0.25, 0.3) is 0 Å².